The molecule has 0 bridgehead atoms. The fraction of sp³-hybridized carbons (Fsp3) is 0.647. The van der Waals surface area contributed by atoms with E-state index < -0.39 is 11.7 Å². The second-order valence-corrected chi connectivity index (χ2v) is 5.01. The van der Waals surface area contributed by atoms with E-state index in [0.29, 0.717) is 6.42 Å². The van der Waals surface area contributed by atoms with Crippen molar-refractivity contribution in [2.75, 3.05) is 14.2 Å². The molecule has 0 aromatic heterocycles. The van der Waals surface area contributed by atoms with E-state index in [4.69, 9.17) is 4.74 Å². The van der Waals surface area contributed by atoms with Crippen LogP contribution >= 0.6 is 0 Å². The fourth-order valence-electron chi connectivity index (χ4n) is 1.35. The van der Waals surface area contributed by atoms with Gasteiger partial charge in [-0.1, -0.05) is 40.3 Å². The van der Waals surface area contributed by atoms with Crippen molar-refractivity contribution >= 4 is 0 Å². The molecule has 0 rings (SSSR count). The zero-order chi connectivity index (χ0) is 17.0. The largest absolute Gasteiger partial charge is 0.494 e. The van der Waals surface area contributed by atoms with Crippen molar-refractivity contribution in [3.63, 3.8) is 0 Å². The van der Waals surface area contributed by atoms with Gasteiger partial charge in [0.05, 0.1) is 13.2 Å². The summed E-state index contributed by atoms with van der Waals surface area (Å²) in [7, 11) is 2.86. The van der Waals surface area contributed by atoms with Gasteiger partial charge in [0.1, 0.15) is 5.76 Å². The van der Waals surface area contributed by atoms with Gasteiger partial charge in [0, 0.05) is 7.11 Å². The highest BCUT2D eigenvalue weighted by atomic mass is 19.2. The number of hydrogen-bond donors (Lipinski definition) is 0. The van der Waals surface area contributed by atoms with Crippen molar-refractivity contribution in [1.82, 2.24) is 0 Å². The molecule has 2 unspecified atom stereocenters. The van der Waals surface area contributed by atoms with E-state index in [0.717, 1.165) is 6.42 Å². The molecule has 21 heavy (non-hydrogen) atoms. The predicted octanol–water partition coefficient (Wildman–Crippen LogP) is 5.72. The van der Waals surface area contributed by atoms with E-state index in [1.807, 2.05) is 6.92 Å². The third-order valence-corrected chi connectivity index (χ3v) is 2.97. The van der Waals surface area contributed by atoms with Gasteiger partial charge < -0.3 is 9.47 Å². The summed E-state index contributed by atoms with van der Waals surface area (Å²) in [5.74, 6) is -2.57. The van der Waals surface area contributed by atoms with Crippen LogP contribution < -0.4 is 0 Å². The predicted molar refractivity (Wildman–Crippen MR) is 85.4 cm³/mol. The van der Waals surface area contributed by atoms with Crippen molar-refractivity contribution in [3.8, 4) is 0 Å². The van der Waals surface area contributed by atoms with Gasteiger partial charge >= 0.3 is 0 Å². The molecular formula is C17H30F2O2. The SMILES string of the molecule is C=C(OC)/C(F)=C(/F)C(=C)C(C)CCC(C)OC.CCC. The minimum absolute atomic E-state index is 0.0890. The highest BCUT2D eigenvalue weighted by Crippen LogP contribution is 2.29. The molecule has 0 fully saturated rings. The molecule has 0 spiro atoms. The summed E-state index contributed by atoms with van der Waals surface area (Å²) in [4.78, 5) is 0. The van der Waals surface area contributed by atoms with Crippen LogP contribution in [0.4, 0.5) is 8.78 Å². The van der Waals surface area contributed by atoms with E-state index in [1.165, 1.54) is 13.5 Å². The zero-order valence-corrected chi connectivity index (χ0v) is 14.3. The Kier molecular flexibility index (Phi) is 13.2. The highest BCUT2D eigenvalue weighted by Gasteiger charge is 2.18. The van der Waals surface area contributed by atoms with E-state index in [1.54, 1.807) is 14.0 Å². The van der Waals surface area contributed by atoms with Crippen LogP contribution in [0.3, 0.4) is 0 Å². The van der Waals surface area contributed by atoms with Crippen LogP contribution in [0.5, 0.6) is 0 Å². The number of hydrogen-bond acceptors (Lipinski definition) is 2. The Bertz CT molecular complexity index is 349. The summed E-state index contributed by atoms with van der Waals surface area (Å²) in [5.41, 5.74) is 0.119. The summed E-state index contributed by atoms with van der Waals surface area (Å²) in [6, 6.07) is 0. The number of rotatable bonds is 8. The van der Waals surface area contributed by atoms with Gasteiger partial charge in [0.25, 0.3) is 0 Å². The second-order valence-electron chi connectivity index (χ2n) is 5.01. The molecular weight excluding hydrogens is 274 g/mol. The van der Waals surface area contributed by atoms with E-state index in [2.05, 4.69) is 31.7 Å². The van der Waals surface area contributed by atoms with Gasteiger partial charge in [-0.05, 0) is 31.3 Å². The summed E-state index contributed by atoms with van der Waals surface area (Å²) in [6.45, 7) is 14.8. The summed E-state index contributed by atoms with van der Waals surface area (Å²) < 4.78 is 36.8. The Morgan fingerprint density at radius 2 is 1.48 bits per heavy atom. The first-order chi connectivity index (χ1) is 9.76. The Morgan fingerprint density at radius 1 is 1.00 bits per heavy atom. The number of halogens is 2. The van der Waals surface area contributed by atoms with Gasteiger partial charge in [-0.15, -0.1) is 0 Å². The number of allylic oxidation sites excluding steroid dienone is 3. The molecule has 124 valence electrons. The van der Waals surface area contributed by atoms with Crippen LogP contribution in [-0.2, 0) is 9.47 Å². The molecule has 0 aliphatic heterocycles. The molecule has 0 heterocycles. The lowest BCUT2D eigenvalue weighted by atomic mass is 9.94. The maximum Gasteiger partial charge on any atom is 0.200 e. The molecule has 2 atom stereocenters. The van der Waals surface area contributed by atoms with Crippen molar-refractivity contribution in [2.24, 2.45) is 5.92 Å². The monoisotopic (exact) mass is 304 g/mol. The second kappa shape index (κ2) is 12.6. The average Bonchev–Trinajstić information content (AvgIpc) is 2.49. The lowest BCUT2D eigenvalue weighted by Crippen LogP contribution is -2.09. The standard InChI is InChI=1S/C14H22F2O2.C3H8/c1-9(7-8-10(2)17-5)11(3)13(15)14(16)12(4)18-6;1-3-2/h9-10H,3-4,7-8H2,1-2,5-6H3;3H2,1-2H3/b14-13-;. The Balaban J connectivity index is 0. The van der Waals surface area contributed by atoms with Crippen LogP contribution in [0.2, 0.25) is 0 Å². The van der Waals surface area contributed by atoms with Gasteiger partial charge in [-0.2, -0.15) is 4.39 Å². The first kappa shape index (κ1) is 22.1. The van der Waals surface area contributed by atoms with Crippen molar-refractivity contribution in [1.29, 1.82) is 0 Å². The molecule has 0 aromatic carbocycles. The van der Waals surface area contributed by atoms with E-state index in [9.17, 15) is 8.78 Å². The maximum absolute atomic E-state index is 13.7. The normalized spacial score (nSPS) is 14.3. The molecule has 0 radical (unpaired) electrons. The van der Waals surface area contributed by atoms with Gasteiger partial charge in [-0.3, -0.25) is 0 Å². The molecule has 0 saturated carbocycles. The number of ether oxygens (including phenoxy) is 2. The number of methoxy groups -OCH3 is 2. The third kappa shape index (κ3) is 9.40. The van der Waals surface area contributed by atoms with Gasteiger partial charge in [-0.25, -0.2) is 4.39 Å². The maximum atomic E-state index is 13.7. The van der Waals surface area contributed by atoms with Crippen LogP contribution in [0.15, 0.2) is 36.1 Å². The summed E-state index contributed by atoms with van der Waals surface area (Å²) >= 11 is 0. The van der Waals surface area contributed by atoms with E-state index >= 15 is 0 Å². The van der Waals surface area contributed by atoms with Crippen molar-refractivity contribution < 1.29 is 18.3 Å². The Labute approximate surface area is 128 Å². The Hall–Kier alpha value is -1.16. The lowest BCUT2D eigenvalue weighted by molar-refractivity contribution is 0.106. The average molecular weight is 304 g/mol. The molecule has 0 N–H and O–H groups in total. The molecule has 0 amide bonds. The van der Waals surface area contributed by atoms with Crippen molar-refractivity contribution in [2.45, 2.75) is 53.1 Å². The first-order valence-electron chi connectivity index (χ1n) is 7.27. The van der Waals surface area contributed by atoms with Crippen LogP contribution in [0.25, 0.3) is 0 Å². The minimum atomic E-state index is -1.09. The van der Waals surface area contributed by atoms with Crippen molar-refractivity contribution in [3.05, 3.63) is 36.1 Å². The van der Waals surface area contributed by atoms with Crippen LogP contribution in [-0.4, -0.2) is 20.3 Å². The fourth-order valence-corrected chi connectivity index (χ4v) is 1.35. The third-order valence-electron chi connectivity index (χ3n) is 2.97. The highest BCUT2D eigenvalue weighted by molar-refractivity contribution is 5.33. The molecule has 0 saturated heterocycles. The topological polar surface area (TPSA) is 18.5 Å². The minimum Gasteiger partial charge on any atom is -0.494 e. The molecule has 0 aliphatic carbocycles. The van der Waals surface area contributed by atoms with Crippen LogP contribution in [0.1, 0.15) is 47.0 Å². The molecule has 0 aliphatic rings. The van der Waals surface area contributed by atoms with Gasteiger partial charge in [0.15, 0.2) is 11.7 Å². The lowest BCUT2D eigenvalue weighted by Gasteiger charge is -2.16. The molecule has 2 nitrogen and oxygen atoms in total. The van der Waals surface area contributed by atoms with Gasteiger partial charge in [0.2, 0.25) is 0 Å². The van der Waals surface area contributed by atoms with Crippen LogP contribution in [0, 0.1) is 5.92 Å². The first-order valence-corrected chi connectivity index (χ1v) is 7.27. The molecule has 0 aromatic rings. The Morgan fingerprint density at radius 3 is 1.86 bits per heavy atom. The smallest absolute Gasteiger partial charge is 0.200 e. The molecule has 4 heteroatoms. The summed E-state index contributed by atoms with van der Waals surface area (Å²) in [6.07, 6.45) is 2.77. The zero-order valence-electron chi connectivity index (χ0n) is 14.3. The van der Waals surface area contributed by atoms with E-state index in [-0.39, 0.29) is 23.4 Å². The summed E-state index contributed by atoms with van der Waals surface area (Å²) in [5, 5.41) is 0. The quantitative estimate of drug-likeness (QED) is 0.422.